The molecule has 106 valence electrons. The molecule has 0 saturated heterocycles. The lowest BCUT2D eigenvalue weighted by molar-refractivity contribution is 0.302. The predicted octanol–water partition coefficient (Wildman–Crippen LogP) is 6.95. The third-order valence-electron chi connectivity index (χ3n) is 2.60. The summed E-state index contributed by atoms with van der Waals surface area (Å²) in [6, 6.07) is 9.60. The minimum Gasteiger partial charge on any atom is -0.486 e. The SMILES string of the molecule is ClCc1cc(Br)c(OCc2ccc(Br)cc2Cl)c(Br)c1. The number of alkyl halides is 1. The highest BCUT2D eigenvalue weighted by Crippen LogP contribution is 2.36. The molecule has 0 fully saturated rings. The largest absolute Gasteiger partial charge is 0.486 e. The summed E-state index contributed by atoms with van der Waals surface area (Å²) in [5, 5.41) is 0.670. The lowest BCUT2D eigenvalue weighted by atomic mass is 10.2. The van der Waals surface area contributed by atoms with Crippen LogP contribution in [0, 0.1) is 0 Å². The highest BCUT2D eigenvalue weighted by molar-refractivity contribution is 9.11. The first kappa shape index (κ1) is 16.6. The van der Waals surface area contributed by atoms with Gasteiger partial charge in [-0.15, -0.1) is 11.6 Å². The van der Waals surface area contributed by atoms with Crippen molar-refractivity contribution in [1.29, 1.82) is 0 Å². The molecule has 6 heteroatoms. The van der Waals surface area contributed by atoms with Crippen LogP contribution in [0.1, 0.15) is 11.1 Å². The van der Waals surface area contributed by atoms with Crippen LogP contribution in [0.15, 0.2) is 43.7 Å². The van der Waals surface area contributed by atoms with E-state index in [0.29, 0.717) is 17.5 Å². The number of benzene rings is 2. The molecule has 0 saturated carbocycles. The molecule has 0 unspecified atom stereocenters. The minimum absolute atomic E-state index is 0.392. The number of hydrogen-bond acceptors (Lipinski definition) is 1. The molecule has 0 heterocycles. The Kier molecular flexibility index (Phi) is 6.24. The molecule has 0 radical (unpaired) electrons. The van der Waals surface area contributed by atoms with Crippen LogP contribution in [0.3, 0.4) is 0 Å². The van der Waals surface area contributed by atoms with Gasteiger partial charge in [-0.05, 0) is 61.7 Å². The molecule has 0 aliphatic carbocycles. The summed E-state index contributed by atoms with van der Waals surface area (Å²) in [5.41, 5.74) is 1.94. The van der Waals surface area contributed by atoms with Crippen molar-refractivity contribution in [2.75, 3.05) is 0 Å². The fraction of sp³-hybridized carbons (Fsp3) is 0.143. The number of rotatable bonds is 4. The second-order valence-corrected chi connectivity index (χ2v) is 7.35. The van der Waals surface area contributed by atoms with Crippen LogP contribution in [0.5, 0.6) is 5.75 Å². The molecule has 0 spiro atoms. The predicted molar refractivity (Wildman–Crippen MR) is 94.9 cm³/mol. The van der Waals surface area contributed by atoms with Crippen LogP contribution in [-0.4, -0.2) is 0 Å². The Morgan fingerprint density at radius 3 is 2.20 bits per heavy atom. The number of hydrogen-bond donors (Lipinski definition) is 0. The van der Waals surface area contributed by atoms with Crippen molar-refractivity contribution in [2.45, 2.75) is 12.5 Å². The van der Waals surface area contributed by atoms with E-state index in [1.807, 2.05) is 30.3 Å². The van der Waals surface area contributed by atoms with Crippen molar-refractivity contribution < 1.29 is 4.74 Å². The van der Waals surface area contributed by atoms with Gasteiger partial charge < -0.3 is 4.74 Å². The van der Waals surface area contributed by atoms with Gasteiger partial charge in [-0.2, -0.15) is 0 Å². The van der Waals surface area contributed by atoms with E-state index < -0.39 is 0 Å². The van der Waals surface area contributed by atoms with Crippen molar-refractivity contribution in [3.8, 4) is 5.75 Å². The van der Waals surface area contributed by atoms with Gasteiger partial charge in [0.15, 0.2) is 0 Å². The molecule has 0 N–H and O–H groups in total. The lowest BCUT2D eigenvalue weighted by Crippen LogP contribution is -1.98. The van der Waals surface area contributed by atoms with Crippen molar-refractivity contribution in [3.05, 3.63) is 59.9 Å². The highest BCUT2D eigenvalue weighted by Gasteiger charge is 2.10. The second kappa shape index (κ2) is 7.50. The zero-order valence-corrected chi connectivity index (χ0v) is 16.4. The third kappa shape index (κ3) is 4.14. The molecular formula is C14H9Br3Cl2O. The highest BCUT2D eigenvalue weighted by atomic mass is 79.9. The summed E-state index contributed by atoms with van der Waals surface area (Å²) in [5.74, 6) is 1.19. The van der Waals surface area contributed by atoms with Crippen molar-refractivity contribution in [3.63, 3.8) is 0 Å². The Morgan fingerprint density at radius 1 is 1.00 bits per heavy atom. The van der Waals surface area contributed by atoms with Gasteiger partial charge in [-0.1, -0.05) is 33.6 Å². The first-order valence-corrected chi connectivity index (χ1v) is 8.91. The molecule has 0 atom stereocenters. The molecule has 0 amide bonds. The van der Waals surface area contributed by atoms with Crippen molar-refractivity contribution in [1.82, 2.24) is 0 Å². The molecular weight excluding hydrogens is 495 g/mol. The zero-order chi connectivity index (χ0) is 14.7. The molecule has 2 rings (SSSR count). The third-order valence-corrected chi connectivity index (χ3v) is 4.93. The maximum atomic E-state index is 6.17. The standard InChI is InChI=1S/C14H9Br3Cl2O/c15-10-2-1-9(13(19)5-10)7-20-14-11(16)3-8(6-18)4-12(14)17/h1-5H,6-7H2. The minimum atomic E-state index is 0.392. The molecule has 20 heavy (non-hydrogen) atoms. The monoisotopic (exact) mass is 500 g/mol. The maximum absolute atomic E-state index is 6.17. The van der Waals surface area contributed by atoms with Crippen molar-refractivity contribution in [2.24, 2.45) is 0 Å². The summed E-state index contributed by atoms with van der Waals surface area (Å²) in [4.78, 5) is 0. The summed E-state index contributed by atoms with van der Waals surface area (Å²) >= 11 is 22.4. The van der Waals surface area contributed by atoms with E-state index in [-0.39, 0.29) is 0 Å². The Hall–Kier alpha value is 0.260. The van der Waals surface area contributed by atoms with E-state index in [4.69, 9.17) is 27.9 Å². The van der Waals surface area contributed by atoms with Crippen molar-refractivity contribution >= 4 is 71.0 Å². The normalized spacial score (nSPS) is 10.7. The Bertz CT molecular complexity index is 609. The molecule has 0 bridgehead atoms. The van der Waals surface area contributed by atoms with Gasteiger partial charge >= 0.3 is 0 Å². The van der Waals surface area contributed by atoms with E-state index in [2.05, 4.69) is 47.8 Å². The maximum Gasteiger partial charge on any atom is 0.148 e. The van der Waals surface area contributed by atoms with E-state index >= 15 is 0 Å². The van der Waals surface area contributed by atoms with Gasteiger partial charge in [0.1, 0.15) is 12.4 Å². The van der Waals surface area contributed by atoms with Crippen LogP contribution in [-0.2, 0) is 12.5 Å². The van der Waals surface area contributed by atoms with Crippen LogP contribution < -0.4 is 4.74 Å². The van der Waals surface area contributed by atoms with Crippen LogP contribution in [0.2, 0.25) is 5.02 Å². The van der Waals surface area contributed by atoms with Gasteiger partial charge in [0.05, 0.1) is 8.95 Å². The number of ether oxygens (including phenoxy) is 1. The van der Waals surface area contributed by atoms with Gasteiger partial charge in [-0.25, -0.2) is 0 Å². The number of halogens is 5. The molecule has 0 aromatic heterocycles. The van der Waals surface area contributed by atoms with Gasteiger partial charge in [-0.3, -0.25) is 0 Å². The van der Waals surface area contributed by atoms with E-state index in [1.54, 1.807) is 0 Å². The summed E-state index contributed by atoms with van der Waals surface area (Å²) in [7, 11) is 0. The lowest BCUT2D eigenvalue weighted by Gasteiger charge is -2.12. The first-order chi connectivity index (χ1) is 9.51. The molecule has 2 aromatic carbocycles. The fourth-order valence-corrected chi connectivity index (χ4v) is 4.01. The molecule has 0 aliphatic heterocycles. The van der Waals surface area contributed by atoms with Gasteiger partial charge in [0.25, 0.3) is 0 Å². The van der Waals surface area contributed by atoms with Gasteiger partial charge in [0, 0.05) is 20.9 Å². The first-order valence-electron chi connectivity index (χ1n) is 5.62. The Balaban J connectivity index is 2.19. The molecule has 0 aliphatic rings. The van der Waals surface area contributed by atoms with Crippen LogP contribution in [0.25, 0.3) is 0 Å². The molecule has 2 aromatic rings. The smallest absolute Gasteiger partial charge is 0.148 e. The Labute approximate surface area is 153 Å². The van der Waals surface area contributed by atoms with E-state index in [9.17, 15) is 0 Å². The quantitative estimate of drug-likeness (QED) is 0.410. The van der Waals surface area contributed by atoms with Crippen LogP contribution >= 0.6 is 71.0 Å². The van der Waals surface area contributed by atoms with E-state index in [1.165, 1.54) is 0 Å². The zero-order valence-electron chi connectivity index (χ0n) is 10.1. The van der Waals surface area contributed by atoms with Gasteiger partial charge in [0.2, 0.25) is 0 Å². The van der Waals surface area contributed by atoms with Crippen LogP contribution in [0.4, 0.5) is 0 Å². The van der Waals surface area contributed by atoms with E-state index in [0.717, 1.165) is 30.3 Å². The summed E-state index contributed by atoms with van der Waals surface area (Å²) in [6.45, 7) is 0.392. The average Bonchev–Trinajstić information content (AvgIpc) is 2.39. The summed E-state index contributed by atoms with van der Waals surface area (Å²) < 4.78 is 8.50. The average molecular weight is 504 g/mol. The molecule has 1 nitrogen and oxygen atoms in total. The second-order valence-electron chi connectivity index (χ2n) is 4.05. The Morgan fingerprint density at radius 2 is 1.65 bits per heavy atom. The summed E-state index contributed by atoms with van der Waals surface area (Å²) in [6.07, 6.45) is 0. The topological polar surface area (TPSA) is 9.23 Å². The fourth-order valence-electron chi connectivity index (χ4n) is 1.62.